The van der Waals surface area contributed by atoms with Gasteiger partial charge in [-0.15, -0.1) is 5.10 Å². The molecule has 0 bridgehead atoms. The molecule has 0 atom stereocenters. The highest BCUT2D eigenvalue weighted by Crippen LogP contribution is 2.12. The fourth-order valence-electron chi connectivity index (χ4n) is 2.71. The number of nitrogens with one attached hydrogen (secondary N) is 1. The fourth-order valence-corrected chi connectivity index (χ4v) is 2.71. The lowest BCUT2D eigenvalue weighted by molar-refractivity contribution is 0.0754. The van der Waals surface area contributed by atoms with Crippen molar-refractivity contribution < 1.29 is 9.90 Å². The van der Waals surface area contributed by atoms with E-state index >= 15 is 0 Å². The molecule has 1 amide bonds. The molecule has 0 spiro atoms. The van der Waals surface area contributed by atoms with Crippen LogP contribution in [-0.2, 0) is 0 Å². The van der Waals surface area contributed by atoms with Crippen molar-refractivity contribution in [3.63, 3.8) is 0 Å². The first-order chi connectivity index (χ1) is 10.3. The summed E-state index contributed by atoms with van der Waals surface area (Å²) >= 11 is 0. The number of carbonyl (C=O) groups excluding carboxylic acids is 1. The highest BCUT2D eigenvalue weighted by molar-refractivity contribution is 5.91. The van der Waals surface area contributed by atoms with Crippen molar-refractivity contribution in [3.8, 4) is 0 Å². The van der Waals surface area contributed by atoms with Crippen molar-refractivity contribution >= 4 is 5.91 Å². The van der Waals surface area contributed by atoms with E-state index in [0.717, 1.165) is 39.1 Å². The first-order valence-corrected chi connectivity index (χ1v) is 7.53. The minimum atomic E-state index is -0.0422. The van der Waals surface area contributed by atoms with Crippen LogP contribution >= 0.6 is 0 Å². The Morgan fingerprint density at radius 2 is 2.19 bits per heavy atom. The normalized spacial score (nSPS) is 21.1. The molecule has 2 saturated heterocycles. The Bertz CT molecular complexity index is 487. The highest BCUT2D eigenvalue weighted by Gasteiger charge is 2.25. The maximum atomic E-state index is 12.5. The van der Waals surface area contributed by atoms with Crippen LogP contribution in [0.1, 0.15) is 23.0 Å². The molecular formula is C13H22N6O2. The summed E-state index contributed by atoms with van der Waals surface area (Å²) in [7, 11) is 0. The van der Waals surface area contributed by atoms with E-state index in [0.29, 0.717) is 24.8 Å². The minimum absolute atomic E-state index is 0.0422. The predicted molar refractivity (Wildman–Crippen MR) is 76.0 cm³/mol. The first-order valence-electron chi connectivity index (χ1n) is 7.53. The van der Waals surface area contributed by atoms with E-state index in [1.54, 1.807) is 10.9 Å². The van der Waals surface area contributed by atoms with Gasteiger partial charge in [0.05, 0.1) is 18.8 Å². The number of nitrogens with zero attached hydrogens (tertiary/aromatic N) is 5. The van der Waals surface area contributed by atoms with Crippen molar-refractivity contribution in [3.05, 3.63) is 11.9 Å². The molecule has 0 aromatic carbocycles. The summed E-state index contributed by atoms with van der Waals surface area (Å²) in [6.45, 7) is 5.74. The number of aliphatic hydroxyl groups excluding tert-OH is 1. The lowest BCUT2D eigenvalue weighted by Gasteiger charge is -2.26. The van der Waals surface area contributed by atoms with E-state index in [9.17, 15) is 4.79 Å². The molecule has 116 valence electrons. The summed E-state index contributed by atoms with van der Waals surface area (Å²) in [6, 6.07) is 0.322. The Morgan fingerprint density at radius 3 is 2.90 bits per heavy atom. The number of carbonyl (C=O) groups is 1. The summed E-state index contributed by atoms with van der Waals surface area (Å²) in [5, 5.41) is 20.3. The molecule has 3 heterocycles. The van der Waals surface area contributed by atoms with Gasteiger partial charge in [-0.1, -0.05) is 5.21 Å². The standard InChI is InChI=1S/C13H22N6O2/c20-7-6-17-2-1-3-18(5-4-17)13(21)12-10-19(16-15-12)11-8-14-9-11/h10-11,14,20H,1-9H2. The third kappa shape index (κ3) is 3.22. The quantitative estimate of drug-likeness (QED) is 0.707. The molecule has 8 nitrogen and oxygen atoms in total. The van der Waals surface area contributed by atoms with E-state index in [2.05, 4.69) is 20.5 Å². The number of aromatic nitrogens is 3. The van der Waals surface area contributed by atoms with Crippen LogP contribution in [0, 0.1) is 0 Å². The SMILES string of the molecule is O=C(c1cn(C2CNC2)nn1)N1CCCN(CCO)CC1. The monoisotopic (exact) mass is 294 g/mol. The minimum Gasteiger partial charge on any atom is -0.395 e. The smallest absolute Gasteiger partial charge is 0.276 e. The Labute approximate surface area is 123 Å². The van der Waals surface area contributed by atoms with Gasteiger partial charge in [0.2, 0.25) is 0 Å². The van der Waals surface area contributed by atoms with Crippen LogP contribution in [0.3, 0.4) is 0 Å². The van der Waals surface area contributed by atoms with Gasteiger partial charge in [-0.3, -0.25) is 9.69 Å². The topological polar surface area (TPSA) is 86.5 Å². The lowest BCUT2D eigenvalue weighted by Crippen LogP contribution is -2.43. The number of aliphatic hydroxyl groups is 1. The lowest BCUT2D eigenvalue weighted by atomic mass is 10.2. The Balaban J connectivity index is 1.60. The van der Waals surface area contributed by atoms with Gasteiger partial charge < -0.3 is 15.3 Å². The summed E-state index contributed by atoms with van der Waals surface area (Å²) < 4.78 is 1.78. The third-order valence-corrected chi connectivity index (χ3v) is 4.16. The number of hydrogen-bond donors (Lipinski definition) is 2. The molecule has 0 unspecified atom stereocenters. The van der Waals surface area contributed by atoms with Gasteiger partial charge in [-0.05, 0) is 13.0 Å². The molecule has 8 heteroatoms. The zero-order chi connectivity index (χ0) is 14.7. The van der Waals surface area contributed by atoms with Gasteiger partial charge in [0.1, 0.15) is 0 Å². The second-order valence-corrected chi connectivity index (χ2v) is 5.61. The molecule has 3 rings (SSSR count). The molecular weight excluding hydrogens is 272 g/mol. The number of amides is 1. The molecule has 2 N–H and O–H groups in total. The van der Waals surface area contributed by atoms with Crippen LogP contribution in [0.5, 0.6) is 0 Å². The summed E-state index contributed by atoms with van der Waals surface area (Å²) in [5.74, 6) is -0.0422. The average Bonchev–Trinajstić information content (AvgIpc) is 2.76. The van der Waals surface area contributed by atoms with E-state index in [1.165, 1.54) is 0 Å². The molecule has 0 aliphatic carbocycles. The maximum absolute atomic E-state index is 12.5. The van der Waals surface area contributed by atoms with Crippen molar-refractivity contribution in [2.75, 3.05) is 52.4 Å². The third-order valence-electron chi connectivity index (χ3n) is 4.16. The molecule has 1 aromatic rings. The van der Waals surface area contributed by atoms with Crippen LogP contribution in [0.4, 0.5) is 0 Å². The van der Waals surface area contributed by atoms with Crippen LogP contribution in [0.15, 0.2) is 6.20 Å². The second kappa shape index (κ2) is 6.50. The number of rotatable bonds is 4. The summed E-state index contributed by atoms with van der Waals surface area (Å²) in [4.78, 5) is 16.5. The molecule has 0 radical (unpaired) electrons. The van der Waals surface area contributed by atoms with Crippen LogP contribution in [-0.4, -0.2) is 88.2 Å². The van der Waals surface area contributed by atoms with E-state index in [1.807, 2.05) is 4.90 Å². The van der Waals surface area contributed by atoms with Gasteiger partial charge in [0.15, 0.2) is 5.69 Å². The van der Waals surface area contributed by atoms with Gasteiger partial charge in [0, 0.05) is 39.3 Å². The summed E-state index contributed by atoms with van der Waals surface area (Å²) in [5.41, 5.74) is 0.428. The average molecular weight is 294 g/mol. The number of β-amino-alcohol motifs (C(OH)–C–C–N with tert-alkyl or cyclic N) is 1. The van der Waals surface area contributed by atoms with Gasteiger partial charge in [-0.2, -0.15) is 0 Å². The Morgan fingerprint density at radius 1 is 1.33 bits per heavy atom. The van der Waals surface area contributed by atoms with Gasteiger partial charge >= 0.3 is 0 Å². The fraction of sp³-hybridized carbons (Fsp3) is 0.769. The maximum Gasteiger partial charge on any atom is 0.276 e. The first kappa shape index (κ1) is 14.4. The second-order valence-electron chi connectivity index (χ2n) is 5.61. The van der Waals surface area contributed by atoms with E-state index < -0.39 is 0 Å². The largest absolute Gasteiger partial charge is 0.395 e. The molecule has 0 saturated carbocycles. The molecule has 2 aliphatic rings. The van der Waals surface area contributed by atoms with Crippen LogP contribution < -0.4 is 5.32 Å². The van der Waals surface area contributed by atoms with Gasteiger partial charge in [0.25, 0.3) is 5.91 Å². The molecule has 1 aromatic heterocycles. The molecule has 21 heavy (non-hydrogen) atoms. The number of hydrogen-bond acceptors (Lipinski definition) is 6. The molecule has 2 fully saturated rings. The van der Waals surface area contributed by atoms with Crippen molar-refractivity contribution in [2.45, 2.75) is 12.5 Å². The van der Waals surface area contributed by atoms with Crippen LogP contribution in [0.2, 0.25) is 0 Å². The van der Waals surface area contributed by atoms with Gasteiger partial charge in [-0.25, -0.2) is 4.68 Å². The Kier molecular flexibility index (Phi) is 4.47. The predicted octanol–water partition coefficient (Wildman–Crippen LogP) is -1.44. The van der Waals surface area contributed by atoms with Crippen LogP contribution in [0.25, 0.3) is 0 Å². The molecule has 2 aliphatic heterocycles. The zero-order valence-corrected chi connectivity index (χ0v) is 12.1. The van der Waals surface area contributed by atoms with Crippen molar-refractivity contribution in [1.82, 2.24) is 30.1 Å². The van der Waals surface area contributed by atoms with Crippen molar-refractivity contribution in [2.24, 2.45) is 0 Å². The zero-order valence-electron chi connectivity index (χ0n) is 12.1. The Hall–Kier alpha value is -1.51. The van der Waals surface area contributed by atoms with E-state index in [-0.39, 0.29) is 12.5 Å². The van der Waals surface area contributed by atoms with E-state index in [4.69, 9.17) is 5.11 Å². The highest BCUT2D eigenvalue weighted by atomic mass is 16.3. The summed E-state index contributed by atoms with van der Waals surface area (Å²) in [6.07, 6.45) is 2.68. The van der Waals surface area contributed by atoms with Crippen molar-refractivity contribution in [1.29, 1.82) is 0 Å².